The lowest BCUT2D eigenvalue weighted by molar-refractivity contribution is 0.553. The second-order valence-electron chi connectivity index (χ2n) is 4.86. The quantitative estimate of drug-likeness (QED) is 0.877. The van der Waals surface area contributed by atoms with E-state index in [4.69, 9.17) is 5.73 Å². The molecule has 0 aromatic heterocycles. The Hall–Kier alpha value is -0.870. The maximum absolute atomic E-state index is 12.1. The molecule has 0 heterocycles. The lowest BCUT2D eigenvalue weighted by atomic mass is 10.1. The van der Waals surface area contributed by atoms with Crippen LogP contribution in [0.15, 0.2) is 30.3 Å². The maximum Gasteiger partial charge on any atom is 0.155 e. The molecule has 1 aromatic rings. The first-order valence-electron chi connectivity index (χ1n) is 5.86. The molecule has 0 aliphatic carbocycles. The Balaban J connectivity index is 2.87. The Morgan fingerprint density at radius 3 is 2.12 bits per heavy atom. The van der Waals surface area contributed by atoms with Gasteiger partial charge in [-0.3, -0.25) is 0 Å². The molecule has 0 amide bonds. The van der Waals surface area contributed by atoms with Crippen molar-refractivity contribution in [3.8, 4) is 0 Å². The van der Waals surface area contributed by atoms with E-state index in [1.165, 1.54) is 0 Å². The fourth-order valence-corrected chi connectivity index (χ4v) is 3.62. The molecule has 0 aliphatic rings. The SMILES string of the molecule is CC(C)CS(=O)(=O)C(C)C(N)c1ccccc1. The summed E-state index contributed by atoms with van der Waals surface area (Å²) in [6.07, 6.45) is 0. The van der Waals surface area contributed by atoms with E-state index < -0.39 is 21.1 Å². The van der Waals surface area contributed by atoms with Crippen molar-refractivity contribution in [2.75, 3.05) is 5.75 Å². The average molecular weight is 255 g/mol. The van der Waals surface area contributed by atoms with Crippen LogP contribution < -0.4 is 5.73 Å². The molecule has 0 fully saturated rings. The Morgan fingerprint density at radius 1 is 1.12 bits per heavy atom. The van der Waals surface area contributed by atoms with Gasteiger partial charge in [0.1, 0.15) is 0 Å². The Labute approximate surface area is 104 Å². The molecule has 0 spiro atoms. The van der Waals surface area contributed by atoms with E-state index in [-0.39, 0.29) is 11.7 Å². The van der Waals surface area contributed by atoms with E-state index >= 15 is 0 Å². The van der Waals surface area contributed by atoms with Crippen molar-refractivity contribution in [3.63, 3.8) is 0 Å². The fourth-order valence-electron chi connectivity index (χ4n) is 1.79. The van der Waals surface area contributed by atoms with Crippen LogP contribution in [-0.2, 0) is 9.84 Å². The lowest BCUT2D eigenvalue weighted by Gasteiger charge is -2.21. The van der Waals surface area contributed by atoms with Gasteiger partial charge in [-0.25, -0.2) is 8.42 Å². The van der Waals surface area contributed by atoms with Crippen molar-refractivity contribution in [2.24, 2.45) is 11.7 Å². The summed E-state index contributed by atoms with van der Waals surface area (Å²) in [6.45, 7) is 5.49. The molecular weight excluding hydrogens is 234 g/mol. The largest absolute Gasteiger partial charge is 0.323 e. The summed E-state index contributed by atoms with van der Waals surface area (Å²) in [7, 11) is -3.13. The monoisotopic (exact) mass is 255 g/mol. The molecule has 3 nitrogen and oxygen atoms in total. The number of hydrogen-bond donors (Lipinski definition) is 1. The van der Waals surface area contributed by atoms with Crippen LogP contribution in [0, 0.1) is 5.92 Å². The van der Waals surface area contributed by atoms with Crippen LogP contribution in [0.5, 0.6) is 0 Å². The molecule has 17 heavy (non-hydrogen) atoms. The van der Waals surface area contributed by atoms with Crippen LogP contribution >= 0.6 is 0 Å². The van der Waals surface area contributed by atoms with E-state index in [9.17, 15) is 8.42 Å². The number of hydrogen-bond acceptors (Lipinski definition) is 3. The molecule has 4 heteroatoms. The molecular formula is C13H21NO2S. The minimum absolute atomic E-state index is 0.130. The predicted molar refractivity (Wildman–Crippen MR) is 71.5 cm³/mol. The van der Waals surface area contributed by atoms with Crippen LogP contribution in [0.2, 0.25) is 0 Å². The third-order valence-electron chi connectivity index (χ3n) is 2.82. The molecule has 0 bridgehead atoms. The van der Waals surface area contributed by atoms with Gasteiger partial charge in [-0.1, -0.05) is 44.2 Å². The molecule has 1 aromatic carbocycles. The first-order chi connectivity index (χ1) is 7.84. The van der Waals surface area contributed by atoms with Crippen molar-refractivity contribution < 1.29 is 8.42 Å². The Kier molecular flexibility index (Phi) is 4.71. The third-order valence-corrected chi connectivity index (χ3v) is 5.38. The Morgan fingerprint density at radius 2 is 1.65 bits per heavy atom. The highest BCUT2D eigenvalue weighted by molar-refractivity contribution is 7.92. The highest BCUT2D eigenvalue weighted by atomic mass is 32.2. The zero-order chi connectivity index (χ0) is 13.1. The van der Waals surface area contributed by atoms with E-state index in [2.05, 4.69) is 0 Å². The van der Waals surface area contributed by atoms with Gasteiger partial charge in [-0.05, 0) is 18.4 Å². The van der Waals surface area contributed by atoms with Crippen LogP contribution in [0.4, 0.5) is 0 Å². The summed E-state index contributed by atoms with van der Waals surface area (Å²) in [6, 6.07) is 8.91. The third kappa shape index (κ3) is 3.82. The van der Waals surface area contributed by atoms with Gasteiger partial charge in [0.2, 0.25) is 0 Å². The highest BCUT2D eigenvalue weighted by Crippen LogP contribution is 2.21. The van der Waals surface area contributed by atoms with E-state index in [1.54, 1.807) is 6.92 Å². The van der Waals surface area contributed by atoms with Gasteiger partial charge in [0.15, 0.2) is 9.84 Å². The zero-order valence-electron chi connectivity index (χ0n) is 10.6. The fraction of sp³-hybridized carbons (Fsp3) is 0.538. The first-order valence-corrected chi connectivity index (χ1v) is 7.58. The van der Waals surface area contributed by atoms with Crippen molar-refractivity contribution in [1.29, 1.82) is 0 Å². The van der Waals surface area contributed by atoms with Crippen molar-refractivity contribution in [1.82, 2.24) is 0 Å². The minimum Gasteiger partial charge on any atom is -0.323 e. The van der Waals surface area contributed by atoms with Crippen LogP contribution in [0.1, 0.15) is 32.4 Å². The number of sulfone groups is 1. The zero-order valence-corrected chi connectivity index (χ0v) is 11.4. The summed E-state index contributed by atoms with van der Waals surface area (Å²) in [5.74, 6) is 0.319. The second-order valence-corrected chi connectivity index (χ2v) is 7.27. The van der Waals surface area contributed by atoms with Crippen LogP contribution in [0.25, 0.3) is 0 Å². The second kappa shape index (κ2) is 5.65. The average Bonchev–Trinajstić information content (AvgIpc) is 2.26. The van der Waals surface area contributed by atoms with Gasteiger partial charge in [-0.15, -0.1) is 0 Å². The number of benzene rings is 1. The normalized spacial score (nSPS) is 15.8. The molecule has 0 radical (unpaired) electrons. The van der Waals surface area contributed by atoms with E-state index in [0.717, 1.165) is 5.56 Å². The van der Waals surface area contributed by atoms with Crippen molar-refractivity contribution in [3.05, 3.63) is 35.9 Å². The van der Waals surface area contributed by atoms with Gasteiger partial charge < -0.3 is 5.73 Å². The topological polar surface area (TPSA) is 60.2 Å². The maximum atomic E-state index is 12.1. The summed E-state index contributed by atoms with van der Waals surface area (Å²) in [5.41, 5.74) is 6.89. The van der Waals surface area contributed by atoms with Gasteiger partial charge >= 0.3 is 0 Å². The predicted octanol–water partition coefficient (Wildman–Crippen LogP) is 2.15. The summed E-state index contributed by atoms with van der Waals surface area (Å²) < 4.78 is 24.2. The van der Waals surface area contributed by atoms with Gasteiger partial charge in [0.05, 0.1) is 11.0 Å². The molecule has 2 unspecified atom stereocenters. The van der Waals surface area contributed by atoms with Gasteiger partial charge in [0, 0.05) is 6.04 Å². The molecule has 2 N–H and O–H groups in total. The lowest BCUT2D eigenvalue weighted by Crippen LogP contribution is -2.33. The minimum atomic E-state index is -3.13. The molecule has 0 saturated carbocycles. The number of nitrogens with two attached hydrogens (primary N) is 1. The molecule has 2 atom stereocenters. The van der Waals surface area contributed by atoms with Gasteiger partial charge in [0.25, 0.3) is 0 Å². The van der Waals surface area contributed by atoms with Crippen LogP contribution in [0.3, 0.4) is 0 Å². The smallest absolute Gasteiger partial charge is 0.155 e. The van der Waals surface area contributed by atoms with E-state index in [1.807, 2.05) is 44.2 Å². The van der Waals surface area contributed by atoms with Crippen molar-refractivity contribution >= 4 is 9.84 Å². The molecule has 96 valence electrons. The Bertz CT molecular complexity index is 440. The summed E-state index contributed by atoms with van der Waals surface area (Å²) in [5, 5.41) is -0.549. The first kappa shape index (κ1) is 14.2. The highest BCUT2D eigenvalue weighted by Gasteiger charge is 2.28. The molecule has 0 saturated heterocycles. The molecule has 0 aliphatic heterocycles. The van der Waals surface area contributed by atoms with Gasteiger partial charge in [-0.2, -0.15) is 0 Å². The standard InChI is InChI=1S/C13H21NO2S/c1-10(2)9-17(15,16)11(3)13(14)12-7-5-4-6-8-12/h4-8,10-11,13H,9,14H2,1-3H3. The number of rotatable bonds is 5. The van der Waals surface area contributed by atoms with E-state index in [0.29, 0.717) is 0 Å². The van der Waals surface area contributed by atoms with Crippen LogP contribution in [-0.4, -0.2) is 19.4 Å². The molecule has 1 rings (SSSR count). The summed E-state index contributed by atoms with van der Waals surface area (Å²) in [4.78, 5) is 0. The summed E-state index contributed by atoms with van der Waals surface area (Å²) >= 11 is 0. The van der Waals surface area contributed by atoms with Crippen molar-refractivity contribution in [2.45, 2.75) is 32.1 Å².